The Morgan fingerprint density at radius 3 is 1.41 bits per heavy atom. The van der Waals surface area contributed by atoms with Crippen molar-refractivity contribution >= 4 is 0 Å². The topological polar surface area (TPSA) is 23.5 Å². The summed E-state index contributed by atoms with van der Waals surface area (Å²) in [5.74, 6) is 0.540. The zero-order valence-corrected chi connectivity index (χ0v) is 23.4. The van der Waals surface area contributed by atoms with E-state index in [0.717, 1.165) is 17.4 Å². The molecule has 1 aliphatic heterocycles. The lowest BCUT2D eigenvalue weighted by Crippen LogP contribution is -2.51. The first-order valence-electron chi connectivity index (χ1n) is 14.3. The summed E-state index contributed by atoms with van der Waals surface area (Å²) in [6.45, 7) is 13.5. The van der Waals surface area contributed by atoms with Crippen molar-refractivity contribution in [1.82, 2.24) is 5.06 Å². The van der Waals surface area contributed by atoms with E-state index in [9.17, 15) is 5.21 Å². The maximum atomic E-state index is 10.6. The molecule has 1 aliphatic rings. The first-order chi connectivity index (χ1) is 15.0. The lowest BCUT2D eigenvalue weighted by molar-refractivity contribution is -0.894. The van der Waals surface area contributed by atoms with Crippen molar-refractivity contribution in [2.45, 2.75) is 155 Å². The van der Waals surface area contributed by atoms with Crippen molar-refractivity contribution in [3.63, 3.8) is 0 Å². The average molecular weight is 454 g/mol. The lowest BCUT2D eigenvalue weighted by atomic mass is 9.86. The van der Waals surface area contributed by atoms with Gasteiger partial charge in [0, 0.05) is 17.0 Å². The number of rotatable bonds is 19. The van der Waals surface area contributed by atoms with Crippen LogP contribution in [-0.4, -0.2) is 53.0 Å². The zero-order chi connectivity index (χ0) is 24.1. The summed E-state index contributed by atoms with van der Waals surface area (Å²) in [5, 5.41) is 12.2. The normalized spacial score (nSPS) is 20.8. The van der Waals surface area contributed by atoms with Crippen molar-refractivity contribution in [3.8, 4) is 0 Å². The number of unbranched alkanes of at least 4 members (excludes halogenated alkanes) is 15. The van der Waals surface area contributed by atoms with Crippen LogP contribution in [0.3, 0.4) is 0 Å². The molecule has 0 spiro atoms. The summed E-state index contributed by atoms with van der Waals surface area (Å²) in [6, 6.07) is 0. The third-order valence-electron chi connectivity index (χ3n) is 8.20. The second-order valence-electron chi connectivity index (χ2n) is 12.8. The molecule has 0 aromatic rings. The molecule has 1 saturated heterocycles. The maximum absolute atomic E-state index is 10.6. The Morgan fingerprint density at radius 2 is 1.06 bits per heavy atom. The summed E-state index contributed by atoms with van der Waals surface area (Å²) < 4.78 is 1.08. The minimum atomic E-state index is -0.131. The van der Waals surface area contributed by atoms with Gasteiger partial charge in [0.25, 0.3) is 0 Å². The summed E-state index contributed by atoms with van der Waals surface area (Å²) in [6.07, 6.45) is 24.0. The molecule has 3 heteroatoms. The first-order valence-corrected chi connectivity index (χ1v) is 14.3. The standard InChI is InChI=1S/C29H61N2O/c1-8-9-10-11-12-13-14-15-16-17-18-19-20-21-22-23-24-31(6,7)26-27-25-28(2,3)30(32)29(27,4)5/h27,32H,8-26H2,1-7H3/q+1. The molecule has 1 rings (SSSR count). The van der Waals surface area contributed by atoms with Crippen molar-refractivity contribution < 1.29 is 9.69 Å². The molecule has 0 bridgehead atoms. The SMILES string of the molecule is CCCCCCCCCCCCCCCCCC[N+](C)(C)CC1CC(C)(C)N(O)C1(C)C. The van der Waals surface area contributed by atoms with Crippen molar-refractivity contribution in [2.75, 3.05) is 27.2 Å². The Balaban J connectivity index is 1.98. The van der Waals surface area contributed by atoms with Crippen molar-refractivity contribution in [1.29, 1.82) is 0 Å². The molecular weight excluding hydrogens is 392 g/mol. The second kappa shape index (κ2) is 15.0. The van der Waals surface area contributed by atoms with Gasteiger partial charge in [0.1, 0.15) is 0 Å². The highest BCUT2D eigenvalue weighted by Crippen LogP contribution is 2.44. The predicted octanol–water partition coefficient (Wildman–Crippen LogP) is 8.59. The van der Waals surface area contributed by atoms with Crippen molar-refractivity contribution in [2.24, 2.45) is 5.92 Å². The summed E-state index contributed by atoms with van der Waals surface area (Å²) in [4.78, 5) is 0. The van der Waals surface area contributed by atoms with Crippen LogP contribution in [0.15, 0.2) is 0 Å². The Bertz CT molecular complexity index is 472. The van der Waals surface area contributed by atoms with Gasteiger partial charge in [0.15, 0.2) is 0 Å². The number of hydroxylamine groups is 2. The van der Waals surface area contributed by atoms with Gasteiger partial charge in [-0.3, -0.25) is 0 Å². The van der Waals surface area contributed by atoms with E-state index in [-0.39, 0.29) is 11.1 Å². The number of hydrogen-bond donors (Lipinski definition) is 1. The molecule has 0 radical (unpaired) electrons. The fraction of sp³-hybridized carbons (Fsp3) is 1.00. The molecule has 3 nitrogen and oxygen atoms in total. The second-order valence-corrected chi connectivity index (χ2v) is 12.8. The monoisotopic (exact) mass is 453 g/mol. The van der Waals surface area contributed by atoms with E-state index in [0.29, 0.717) is 5.92 Å². The minimum absolute atomic E-state index is 0.109. The highest BCUT2D eigenvalue weighted by Gasteiger charge is 2.53. The quantitative estimate of drug-likeness (QED) is 0.156. The number of hydrogen-bond acceptors (Lipinski definition) is 2. The molecule has 1 unspecified atom stereocenters. The van der Waals surface area contributed by atoms with E-state index in [1.807, 2.05) is 0 Å². The summed E-state index contributed by atoms with van der Waals surface area (Å²) in [7, 11) is 4.77. The summed E-state index contributed by atoms with van der Waals surface area (Å²) in [5.41, 5.74) is -0.240. The largest absolute Gasteiger partial charge is 0.328 e. The molecule has 0 aromatic heterocycles. The zero-order valence-electron chi connectivity index (χ0n) is 23.4. The van der Waals surface area contributed by atoms with Gasteiger partial charge in [0.05, 0.1) is 27.2 Å². The van der Waals surface area contributed by atoms with Gasteiger partial charge < -0.3 is 9.69 Å². The molecule has 32 heavy (non-hydrogen) atoms. The molecule has 1 heterocycles. The van der Waals surface area contributed by atoms with Crippen LogP contribution in [0.25, 0.3) is 0 Å². The number of nitrogens with zero attached hydrogens (tertiary/aromatic N) is 2. The first kappa shape index (κ1) is 29.9. The fourth-order valence-electron chi connectivity index (χ4n) is 5.96. The number of quaternary nitrogens is 1. The van der Waals surface area contributed by atoms with Crippen LogP contribution in [0.2, 0.25) is 0 Å². The van der Waals surface area contributed by atoms with Gasteiger partial charge in [-0.1, -0.05) is 96.8 Å². The maximum Gasteiger partial charge on any atom is 0.0830 e. The van der Waals surface area contributed by atoms with Crippen LogP contribution in [0.1, 0.15) is 144 Å². The molecular formula is C29H61N2O+. The molecule has 0 aromatic carbocycles. The van der Waals surface area contributed by atoms with Gasteiger partial charge >= 0.3 is 0 Å². The third-order valence-corrected chi connectivity index (χ3v) is 8.20. The van der Waals surface area contributed by atoms with E-state index in [1.165, 1.54) is 109 Å². The molecule has 0 aliphatic carbocycles. The molecule has 0 amide bonds. The van der Waals surface area contributed by atoms with Crippen LogP contribution < -0.4 is 0 Å². The predicted molar refractivity (Wildman–Crippen MR) is 141 cm³/mol. The van der Waals surface area contributed by atoms with E-state index < -0.39 is 0 Å². The third kappa shape index (κ3) is 11.3. The van der Waals surface area contributed by atoms with E-state index in [2.05, 4.69) is 48.7 Å². The van der Waals surface area contributed by atoms with Gasteiger partial charge in [-0.05, 0) is 47.0 Å². The van der Waals surface area contributed by atoms with Crippen molar-refractivity contribution in [3.05, 3.63) is 0 Å². The highest BCUT2D eigenvalue weighted by molar-refractivity contribution is 5.01. The van der Waals surface area contributed by atoms with Gasteiger partial charge in [-0.2, -0.15) is 5.06 Å². The van der Waals surface area contributed by atoms with Crippen LogP contribution >= 0.6 is 0 Å². The molecule has 192 valence electrons. The lowest BCUT2D eigenvalue weighted by Gasteiger charge is -2.39. The Morgan fingerprint density at radius 1 is 0.688 bits per heavy atom. The molecule has 1 atom stereocenters. The van der Waals surface area contributed by atoms with Crippen LogP contribution in [0.5, 0.6) is 0 Å². The minimum Gasteiger partial charge on any atom is -0.328 e. The Hall–Kier alpha value is -0.120. The van der Waals surface area contributed by atoms with Crippen LogP contribution in [0, 0.1) is 5.92 Å². The van der Waals surface area contributed by atoms with E-state index >= 15 is 0 Å². The smallest absolute Gasteiger partial charge is 0.0830 e. The average Bonchev–Trinajstić information content (AvgIpc) is 2.86. The van der Waals surface area contributed by atoms with E-state index in [1.54, 1.807) is 5.06 Å². The molecule has 1 N–H and O–H groups in total. The highest BCUT2D eigenvalue weighted by atomic mass is 16.5. The molecule has 1 fully saturated rings. The summed E-state index contributed by atoms with van der Waals surface area (Å²) >= 11 is 0. The molecule has 0 saturated carbocycles. The van der Waals surface area contributed by atoms with Gasteiger partial charge in [0.2, 0.25) is 0 Å². The van der Waals surface area contributed by atoms with Gasteiger partial charge in [-0.15, -0.1) is 0 Å². The van der Waals surface area contributed by atoms with Crippen LogP contribution in [-0.2, 0) is 0 Å². The van der Waals surface area contributed by atoms with Gasteiger partial charge in [-0.25, -0.2) is 0 Å². The fourth-order valence-corrected chi connectivity index (χ4v) is 5.96. The van der Waals surface area contributed by atoms with E-state index in [4.69, 9.17) is 0 Å². The Labute approximate surface area is 202 Å². The van der Waals surface area contributed by atoms with Crippen LogP contribution in [0.4, 0.5) is 0 Å². The Kier molecular flexibility index (Phi) is 14.0.